The smallest absolute Gasteiger partial charge is 0.303 e. The van der Waals surface area contributed by atoms with Gasteiger partial charge in [-0.15, -0.1) is 0 Å². The fraction of sp³-hybridized carbons (Fsp3) is 0.810. The lowest BCUT2D eigenvalue weighted by atomic mass is 9.88. The van der Waals surface area contributed by atoms with Gasteiger partial charge in [0.25, 0.3) is 0 Å². The molecule has 26 heavy (non-hydrogen) atoms. The number of rotatable bonds is 13. The number of carboxylic acid groups (broad SMARTS) is 1. The standard InChI is InChI=1S/C21H36O5/c1-16(22)13-15-21(2,26)14-7-9-18-17(11-12-19(18)23)8-5-3-4-6-10-20(24)25/h7,9,17-19,23,26H,3-6,8,10-15H2,1-2H3,(H,24,25)/b9-7+/t17-,18+,19+,21?/m0/s1/i2D3. The Kier molecular flexibility index (Phi) is 8.04. The molecule has 1 saturated carbocycles. The van der Waals surface area contributed by atoms with Crippen molar-refractivity contribution in [2.45, 2.75) is 96.1 Å². The highest BCUT2D eigenvalue weighted by Gasteiger charge is 2.32. The third-order valence-electron chi connectivity index (χ3n) is 5.24. The lowest BCUT2D eigenvalue weighted by Crippen LogP contribution is -2.24. The van der Waals surface area contributed by atoms with Crippen molar-refractivity contribution in [3.8, 4) is 0 Å². The first-order valence-electron chi connectivity index (χ1n) is 11.2. The van der Waals surface area contributed by atoms with Crippen LogP contribution in [0.3, 0.4) is 0 Å². The molecule has 0 spiro atoms. The van der Waals surface area contributed by atoms with Crippen molar-refractivity contribution in [3.05, 3.63) is 12.2 Å². The molecular weight excluding hydrogens is 332 g/mol. The van der Waals surface area contributed by atoms with E-state index in [0.29, 0.717) is 18.8 Å². The summed E-state index contributed by atoms with van der Waals surface area (Å²) in [6.45, 7) is -1.21. The van der Waals surface area contributed by atoms with E-state index in [1.807, 2.05) is 6.08 Å². The number of carboxylic acids is 1. The summed E-state index contributed by atoms with van der Waals surface area (Å²) in [5, 5.41) is 29.5. The van der Waals surface area contributed by atoms with E-state index < -0.39 is 24.5 Å². The van der Waals surface area contributed by atoms with E-state index in [2.05, 4.69) is 0 Å². The van der Waals surface area contributed by atoms with Crippen molar-refractivity contribution >= 4 is 11.8 Å². The monoisotopic (exact) mass is 371 g/mol. The van der Waals surface area contributed by atoms with Crippen molar-refractivity contribution in [1.29, 1.82) is 0 Å². The number of carbonyl (C=O) groups is 2. The molecule has 0 heterocycles. The third kappa shape index (κ3) is 9.48. The molecule has 0 aromatic carbocycles. The van der Waals surface area contributed by atoms with E-state index in [4.69, 9.17) is 9.22 Å². The van der Waals surface area contributed by atoms with Gasteiger partial charge >= 0.3 is 5.97 Å². The van der Waals surface area contributed by atoms with Crippen LogP contribution >= 0.6 is 0 Å². The van der Waals surface area contributed by atoms with Crippen LogP contribution in [0.1, 0.15) is 88.5 Å². The average molecular weight is 372 g/mol. The number of carbonyl (C=O) groups excluding carboxylic acids is 1. The van der Waals surface area contributed by atoms with Crippen molar-refractivity contribution < 1.29 is 29.0 Å². The van der Waals surface area contributed by atoms with E-state index >= 15 is 0 Å². The van der Waals surface area contributed by atoms with Gasteiger partial charge in [0.1, 0.15) is 5.78 Å². The number of aliphatic carboxylic acids is 1. The molecule has 0 bridgehead atoms. The molecule has 0 aromatic heterocycles. The van der Waals surface area contributed by atoms with Gasteiger partial charge in [0.2, 0.25) is 0 Å². The van der Waals surface area contributed by atoms with Gasteiger partial charge in [-0.05, 0) is 58.2 Å². The normalized spacial score (nSPS) is 27.7. The van der Waals surface area contributed by atoms with Crippen LogP contribution < -0.4 is 0 Å². The van der Waals surface area contributed by atoms with Gasteiger partial charge in [0, 0.05) is 22.9 Å². The lowest BCUT2D eigenvalue weighted by molar-refractivity contribution is -0.137. The van der Waals surface area contributed by atoms with E-state index in [0.717, 1.165) is 32.1 Å². The summed E-state index contributed by atoms with van der Waals surface area (Å²) in [4.78, 5) is 21.7. The van der Waals surface area contributed by atoms with Crippen LogP contribution in [0.15, 0.2) is 12.2 Å². The molecule has 1 aliphatic carbocycles. The summed E-state index contributed by atoms with van der Waals surface area (Å²) < 4.78 is 22.9. The molecule has 0 radical (unpaired) electrons. The van der Waals surface area contributed by atoms with Gasteiger partial charge in [-0.25, -0.2) is 0 Å². The van der Waals surface area contributed by atoms with Crippen LogP contribution in [0.25, 0.3) is 0 Å². The number of hydrogen-bond acceptors (Lipinski definition) is 4. The van der Waals surface area contributed by atoms with Gasteiger partial charge in [-0.3, -0.25) is 4.79 Å². The van der Waals surface area contributed by atoms with Gasteiger partial charge in [-0.2, -0.15) is 0 Å². The third-order valence-corrected chi connectivity index (χ3v) is 5.24. The molecule has 0 aromatic rings. The summed E-state index contributed by atoms with van der Waals surface area (Å²) in [6, 6.07) is 0. The molecule has 150 valence electrons. The van der Waals surface area contributed by atoms with Crippen molar-refractivity contribution in [3.63, 3.8) is 0 Å². The van der Waals surface area contributed by atoms with Gasteiger partial charge in [0.15, 0.2) is 0 Å². The quantitative estimate of drug-likeness (QED) is 0.337. The van der Waals surface area contributed by atoms with Crippen LogP contribution in [-0.4, -0.2) is 38.8 Å². The van der Waals surface area contributed by atoms with Crippen LogP contribution in [0.5, 0.6) is 0 Å². The van der Waals surface area contributed by atoms with Crippen molar-refractivity contribution in [2.75, 3.05) is 0 Å². The zero-order valence-electron chi connectivity index (χ0n) is 18.8. The Balaban J connectivity index is 2.57. The molecular formula is C21H36O5. The largest absolute Gasteiger partial charge is 0.481 e. The minimum Gasteiger partial charge on any atom is -0.481 e. The van der Waals surface area contributed by atoms with Crippen LogP contribution in [0.4, 0.5) is 0 Å². The fourth-order valence-electron chi connectivity index (χ4n) is 3.65. The summed E-state index contributed by atoms with van der Waals surface area (Å²) >= 11 is 0. The Hall–Kier alpha value is -1.20. The Morgan fingerprint density at radius 3 is 2.58 bits per heavy atom. The zero-order chi connectivity index (χ0) is 22.1. The fourth-order valence-corrected chi connectivity index (χ4v) is 3.65. The number of Topliss-reactive ketones (excluding diaryl/α,β-unsaturated/α-hetero) is 1. The topological polar surface area (TPSA) is 94.8 Å². The number of aliphatic hydroxyl groups excluding tert-OH is 1. The Labute approximate surface area is 161 Å². The highest BCUT2D eigenvalue weighted by Crippen LogP contribution is 2.37. The Bertz CT molecular complexity index is 561. The summed E-state index contributed by atoms with van der Waals surface area (Å²) in [7, 11) is 0. The predicted molar refractivity (Wildman–Crippen MR) is 102 cm³/mol. The highest BCUT2D eigenvalue weighted by atomic mass is 16.4. The second-order valence-electron chi connectivity index (χ2n) is 7.69. The highest BCUT2D eigenvalue weighted by molar-refractivity contribution is 5.75. The van der Waals surface area contributed by atoms with Crippen LogP contribution in [-0.2, 0) is 9.59 Å². The maximum Gasteiger partial charge on any atom is 0.303 e. The van der Waals surface area contributed by atoms with E-state index in [1.165, 1.54) is 6.92 Å². The maximum atomic E-state index is 11.2. The summed E-state index contributed by atoms with van der Waals surface area (Å²) in [5.74, 6) is -0.692. The number of ketones is 1. The first-order valence-corrected chi connectivity index (χ1v) is 9.74. The first kappa shape index (κ1) is 18.2. The van der Waals surface area contributed by atoms with E-state index in [1.54, 1.807) is 6.08 Å². The minimum atomic E-state index is -2.59. The molecule has 0 amide bonds. The van der Waals surface area contributed by atoms with Crippen LogP contribution in [0.2, 0.25) is 0 Å². The van der Waals surface area contributed by atoms with Crippen molar-refractivity contribution in [2.24, 2.45) is 11.8 Å². The summed E-state index contributed by atoms with van der Waals surface area (Å²) in [5.41, 5.74) is -1.95. The Morgan fingerprint density at radius 2 is 1.92 bits per heavy atom. The lowest BCUT2D eigenvalue weighted by Gasteiger charge is -2.22. The Morgan fingerprint density at radius 1 is 1.19 bits per heavy atom. The number of unbranched alkanes of at least 4 members (excludes halogenated alkanes) is 3. The van der Waals surface area contributed by atoms with Crippen LogP contribution in [0, 0.1) is 11.8 Å². The molecule has 1 unspecified atom stereocenters. The first-order chi connectivity index (χ1) is 13.5. The second-order valence-corrected chi connectivity index (χ2v) is 7.69. The molecule has 1 fully saturated rings. The van der Waals surface area contributed by atoms with Gasteiger partial charge in [0.05, 0.1) is 11.7 Å². The molecule has 0 saturated heterocycles. The molecule has 5 nitrogen and oxygen atoms in total. The average Bonchev–Trinajstić information content (AvgIpc) is 2.95. The minimum absolute atomic E-state index is 0.0132. The predicted octanol–water partition coefficient (Wildman–Crippen LogP) is 3.87. The summed E-state index contributed by atoms with van der Waals surface area (Å²) in [6.07, 6.45) is 9.05. The maximum absolute atomic E-state index is 11.2. The number of aliphatic hydroxyl groups is 2. The van der Waals surface area contributed by atoms with Crippen molar-refractivity contribution in [1.82, 2.24) is 0 Å². The molecule has 5 heteroatoms. The molecule has 1 aliphatic rings. The molecule has 1 rings (SSSR count). The zero-order valence-corrected chi connectivity index (χ0v) is 15.8. The van der Waals surface area contributed by atoms with E-state index in [9.17, 15) is 19.8 Å². The SMILES string of the molecule is [2H]C([2H])([2H])C(O)(C/C=C/[C@@H]1[C@@H](CCCCCCC(=O)O)CC[C@H]1O)CCC(C)=O. The van der Waals surface area contributed by atoms with Gasteiger partial charge in [-0.1, -0.05) is 31.4 Å². The van der Waals surface area contributed by atoms with Gasteiger partial charge < -0.3 is 20.1 Å². The number of hydrogen-bond donors (Lipinski definition) is 3. The second kappa shape index (κ2) is 11.5. The molecule has 3 N–H and O–H groups in total. The van der Waals surface area contributed by atoms with E-state index in [-0.39, 0.29) is 37.4 Å². The molecule has 4 atom stereocenters. The molecule has 0 aliphatic heterocycles.